The highest BCUT2D eigenvalue weighted by molar-refractivity contribution is 6.74. The number of amides is 1. The number of aromatic nitrogens is 4. The normalized spacial score (nSPS) is 17.6. The van der Waals surface area contributed by atoms with E-state index in [1.165, 1.54) is 39.5 Å². The van der Waals surface area contributed by atoms with Gasteiger partial charge in [0, 0.05) is 112 Å². The highest BCUT2D eigenvalue weighted by Crippen LogP contribution is 2.47. The van der Waals surface area contributed by atoms with Crippen LogP contribution in [0.4, 0.5) is 13.2 Å². The zero-order valence-corrected chi connectivity index (χ0v) is 71.7. The number of para-hydroxylation sites is 2. The fraction of sp³-hybridized carbons (Fsp3) is 0.270. The molecule has 4 aliphatic rings. The number of aliphatic carboxylic acids is 1. The largest absolute Gasteiger partial charge is 0.543 e. The van der Waals surface area contributed by atoms with Crippen molar-refractivity contribution in [3.63, 3.8) is 0 Å². The molecule has 626 valence electrons. The number of fused-ring (bicyclic) bond motifs is 14. The first-order valence-corrected chi connectivity index (χ1v) is 44.8. The maximum absolute atomic E-state index is 13.7. The van der Waals surface area contributed by atoms with Gasteiger partial charge in [0.05, 0.1) is 41.5 Å². The molecule has 0 bridgehead atoms. The van der Waals surface area contributed by atoms with Crippen LogP contribution in [0.25, 0.3) is 54.4 Å². The monoisotopic (exact) mass is 1680 g/mol. The number of esters is 1. The highest BCUT2D eigenvalue weighted by atomic mass is 35.5. The Hall–Kier alpha value is -12.0. The molecular weight excluding hydrogens is 1580 g/mol. The van der Waals surface area contributed by atoms with Gasteiger partial charge in [-0.2, -0.15) is 13.2 Å². The van der Waals surface area contributed by atoms with Gasteiger partial charge in [0.15, 0.2) is 0 Å². The van der Waals surface area contributed by atoms with Gasteiger partial charge in [-0.3, -0.25) is 25.0 Å². The molecule has 22 heteroatoms. The van der Waals surface area contributed by atoms with E-state index in [2.05, 4.69) is 199 Å². The summed E-state index contributed by atoms with van der Waals surface area (Å²) in [6.45, 7) is 21.5. The number of carbonyl (C=O) groups is 3. The summed E-state index contributed by atoms with van der Waals surface area (Å²) in [6, 6.07) is 75.7. The van der Waals surface area contributed by atoms with Gasteiger partial charge in [-0.25, -0.2) is 0 Å². The summed E-state index contributed by atoms with van der Waals surface area (Å²) in [5, 5.41) is 34.7. The maximum atomic E-state index is 13.7. The van der Waals surface area contributed by atoms with Crippen molar-refractivity contribution in [3.8, 4) is 17.2 Å². The van der Waals surface area contributed by atoms with E-state index in [-0.39, 0.29) is 40.5 Å². The predicted molar refractivity (Wildman–Crippen MR) is 480 cm³/mol. The Kier molecular flexibility index (Phi) is 23.7. The van der Waals surface area contributed by atoms with Gasteiger partial charge < -0.3 is 58.9 Å². The molecule has 5 aromatic heterocycles. The second-order valence-corrected chi connectivity index (χ2v) is 39.6. The molecule has 4 aliphatic heterocycles. The third kappa shape index (κ3) is 17.4. The number of ether oxygens (including phenoxy) is 2. The minimum Gasteiger partial charge on any atom is -0.543 e. The van der Waals surface area contributed by atoms with Gasteiger partial charge in [0.1, 0.15) is 41.7 Å². The van der Waals surface area contributed by atoms with E-state index in [0.29, 0.717) is 43.1 Å². The van der Waals surface area contributed by atoms with E-state index in [4.69, 9.17) is 29.9 Å². The summed E-state index contributed by atoms with van der Waals surface area (Å²) >= 11 is 6.91. The van der Waals surface area contributed by atoms with Crippen molar-refractivity contribution in [3.05, 3.63) is 338 Å². The Morgan fingerprint density at radius 3 is 1.80 bits per heavy atom. The predicted octanol–water partition coefficient (Wildman–Crippen LogP) is 21.4. The number of H-pyrrole nitrogens is 3. The van der Waals surface area contributed by atoms with Crippen LogP contribution in [0.5, 0.6) is 17.2 Å². The van der Waals surface area contributed by atoms with E-state index in [1.807, 2.05) is 127 Å². The summed E-state index contributed by atoms with van der Waals surface area (Å²) in [6.07, 6.45) is -0.00694. The summed E-state index contributed by atoms with van der Waals surface area (Å²) < 4.78 is 65.8. The van der Waals surface area contributed by atoms with Crippen molar-refractivity contribution >= 4 is 92.1 Å². The molecule has 10 aromatic carbocycles. The second-order valence-electron chi connectivity index (χ2n) is 34.5. The van der Waals surface area contributed by atoms with Crippen molar-refractivity contribution < 1.29 is 51.0 Å². The van der Waals surface area contributed by atoms with Gasteiger partial charge in [0.2, 0.25) is 14.2 Å². The number of carboxylic acid groups (broad SMARTS) is 1. The molecular formula is C100H101ClF3N9O8Si. The molecule has 0 saturated heterocycles. The van der Waals surface area contributed by atoms with Crippen LogP contribution in [0.3, 0.4) is 0 Å². The zero-order valence-electron chi connectivity index (χ0n) is 70.0. The van der Waals surface area contributed by atoms with Crippen LogP contribution < -0.4 is 40.5 Å². The van der Waals surface area contributed by atoms with Crippen LogP contribution in [0, 0.1) is 0 Å². The first kappa shape index (κ1) is 83.7. The number of halogens is 4. The number of hydrogen-bond donors (Lipinski definition) is 9. The molecule has 17 nitrogen and oxygen atoms in total. The van der Waals surface area contributed by atoms with Crippen molar-refractivity contribution in [2.24, 2.45) is 7.05 Å². The van der Waals surface area contributed by atoms with E-state index >= 15 is 0 Å². The fourth-order valence-electron chi connectivity index (χ4n) is 17.3. The number of carboxylic acids is 1. The van der Waals surface area contributed by atoms with Crippen LogP contribution in [0.1, 0.15) is 162 Å². The Morgan fingerprint density at radius 1 is 0.566 bits per heavy atom. The van der Waals surface area contributed by atoms with Gasteiger partial charge in [-0.05, 0) is 176 Å². The lowest BCUT2D eigenvalue weighted by molar-refractivity contribution is -0.142. The Bertz CT molecular complexity index is 6340. The summed E-state index contributed by atoms with van der Waals surface area (Å²) in [4.78, 5) is 47.3. The standard InChI is InChI=1S/C39H45N3O3Si.C26H25ClN2O2.C20H17F3N2O2.C15H14N2O/c1-39(2,3)46(5,6)45-31-21-22-32-33-24-34(38(43)40-25-27-13-9-7-10-14-27)41-36(37(33)42(4)35(32)23-31)29-17-19-30(20-18-29)44-26-28-15-11-8-12-16-28;1-26(2,3)18-10-6-9-16(22(18)27)23-24-17(13-20(29-23)25(30)31)21-15-8-5-4-7-14(15)11-12-19(21)28-24;1-11(26)27-17-7-6-12(10-15(17)20(21,22)23)18-19-14(8-9-24-18)13-4-2-3-5-16(13)25-19;1-2-5-12-10(4-1)11-7-8-16-15(14(11)17-12)13-6-3-9-18-13/h7-23,34,36,41H,24-26H2,1-6H3,(H,40,43);4-12,20,23,28-29H,13H2,1-3H3,(H,30,31);2-7,10,18,24-25H,8-9H2,1H3;1-6,9,15-17H,7-8H2. The molecule has 0 aliphatic carbocycles. The topological polar surface area (TPSA) is 225 Å². The number of furan rings is 1. The SMILES string of the molecule is CC(=O)Oc1ccc(C2NCCc3c2[nH]c2ccccc32)cc1C(F)(F)F.CC(C)(C)c1cccc(C2NC(C(=O)O)Cc3c2[nH]c2ccc4ccccc4c32)c1Cl.Cn1c2c(c3ccc(O[Si](C)(C)C(C)(C)C)cc31)CC(C(=O)NCc1ccccc1)NC2c1ccc(OCc2ccccc2)cc1.c1coc(C2NCCc3c2[nH]c2ccccc32)c1. The molecule has 6 atom stereocenters. The number of nitrogens with one attached hydrogen (secondary N) is 8. The summed E-state index contributed by atoms with van der Waals surface area (Å²) in [7, 11) is 0.113. The molecule has 0 spiro atoms. The van der Waals surface area contributed by atoms with Crippen molar-refractivity contribution in [1.29, 1.82) is 0 Å². The van der Waals surface area contributed by atoms with Crippen LogP contribution in [-0.2, 0) is 71.9 Å². The second kappa shape index (κ2) is 34.5. The minimum atomic E-state index is -4.63. The lowest BCUT2D eigenvalue weighted by Gasteiger charge is -2.36. The van der Waals surface area contributed by atoms with Gasteiger partial charge >= 0.3 is 18.1 Å². The number of carbonyl (C=O) groups excluding carboxylic acids is 2. The van der Waals surface area contributed by atoms with Crippen molar-refractivity contribution in [1.82, 2.24) is 46.1 Å². The molecule has 9 heterocycles. The quantitative estimate of drug-likeness (QED) is 0.0282. The fourth-order valence-corrected chi connectivity index (χ4v) is 18.9. The number of hydrogen-bond acceptors (Lipinski definition) is 11. The number of benzene rings is 10. The number of aromatic amines is 3. The van der Waals surface area contributed by atoms with Crippen molar-refractivity contribution in [2.45, 2.75) is 153 Å². The maximum Gasteiger partial charge on any atom is 0.419 e. The third-order valence-corrected chi connectivity index (χ3v) is 29.2. The van der Waals surface area contributed by atoms with E-state index in [1.54, 1.807) is 12.3 Å². The Balaban J connectivity index is 0.000000127. The van der Waals surface area contributed by atoms with Crippen LogP contribution in [-0.4, -0.2) is 76.0 Å². The first-order valence-electron chi connectivity index (χ1n) is 41.6. The van der Waals surface area contributed by atoms with Crippen LogP contribution >= 0.6 is 11.6 Å². The first-order chi connectivity index (χ1) is 58.5. The minimum absolute atomic E-state index is 0.00259. The average molecular weight is 1680 g/mol. The van der Waals surface area contributed by atoms with Crippen LogP contribution in [0.2, 0.25) is 23.2 Å². The number of aryl methyl sites for hydroxylation is 1. The van der Waals surface area contributed by atoms with Crippen LogP contribution in [0.15, 0.2) is 247 Å². The number of rotatable bonds is 14. The van der Waals surface area contributed by atoms with E-state index < -0.39 is 49.8 Å². The molecule has 0 saturated carbocycles. The molecule has 0 fully saturated rings. The summed E-state index contributed by atoms with van der Waals surface area (Å²) in [5.74, 6) is 0.560. The third-order valence-electron chi connectivity index (χ3n) is 24.4. The van der Waals surface area contributed by atoms with E-state index in [9.17, 15) is 32.7 Å². The molecule has 6 unspecified atom stereocenters. The molecule has 122 heavy (non-hydrogen) atoms. The smallest absolute Gasteiger partial charge is 0.419 e. The lowest BCUT2D eigenvalue weighted by atomic mass is 9.83. The average Bonchev–Trinajstić information content (AvgIpc) is 1.58. The van der Waals surface area contributed by atoms with E-state index in [0.717, 1.165) is 143 Å². The zero-order chi connectivity index (χ0) is 85.5. The lowest BCUT2D eigenvalue weighted by Crippen LogP contribution is -2.50. The molecule has 15 aromatic rings. The highest BCUT2D eigenvalue weighted by Gasteiger charge is 2.42. The molecule has 0 radical (unpaired) electrons. The molecule has 9 N–H and O–H groups in total. The Morgan fingerprint density at radius 2 is 1.16 bits per heavy atom. The van der Waals surface area contributed by atoms with Gasteiger partial charge in [0.25, 0.3) is 0 Å². The Labute approximate surface area is 713 Å². The molecule has 19 rings (SSSR count). The number of alkyl halides is 3. The van der Waals surface area contributed by atoms with Crippen molar-refractivity contribution in [2.75, 3.05) is 13.1 Å². The molecule has 1 amide bonds. The number of nitrogens with zero attached hydrogens (tertiary/aromatic N) is 1. The van der Waals surface area contributed by atoms with Gasteiger partial charge in [-0.15, -0.1) is 0 Å². The summed E-state index contributed by atoms with van der Waals surface area (Å²) in [5.41, 5.74) is 18.0. The van der Waals surface area contributed by atoms with Gasteiger partial charge in [-0.1, -0.05) is 217 Å².